The molecular weight excluding hydrogens is 315 g/mol. The van der Waals surface area contributed by atoms with E-state index in [-0.39, 0.29) is 24.1 Å². The van der Waals surface area contributed by atoms with Crippen molar-refractivity contribution >= 4 is 18.3 Å². The van der Waals surface area contributed by atoms with Crippen LogP contribution in [0.5, 0.6) is 0 Å². The zero-order chi connectivity index (χ0) is 15.9. The molecule has 2 rings (SSSR count). The SMILES string of the molecule is Cc1cc(F)ccc1CCNC(=O)CC(C)C1CCCNC1.Cl. The van der Waals surface area contributed by atoms with Crippen molar-refractivity contribution in [3.05, 3.63) is 35.1 Å². The third kappa shape index (κ3) is 6.48. The summed E-state index contributed by atoms with van der Waals surface area (Å²) >= 11 is 0. The molecule has 2 unspecified atom stereocenters. The van der Waals surface area contributed by atoms with E-state index in [1.165, 1.54) is 25.0 Å². The topological polar surface area (TPSA) is 41.1 Å². The normalized spacial score (nSPS) is 18.8. The third-order valence-electron chi connectivity index (χ3n) is 4.67. The summed E-state index contributed by atoms with van der Waals surface area (Å²) in [5, 5.41) is 6.39. The first-order chi connectivity index (χ1) is 10.6. The number of rotatable bonds is 6. The van der Waals surface area contributed by atoms with Crippen LogP contribution in [0.15, 0.2) is 18.2 Å². The summed E-state index contributed by atoms with van der Waals surface area (Å²) in [5.74, 6) is 0.942. The Morgan fingerprint density at radius 3 is 2.91 bits per heavy atom. The maximum Gasteiger partial charge on any atom is 0.220 e. The summed E-state index contributed by atoms with van der Waals surface area (Å²) in [6.07, 6.45) is 3.77. The Kier molecular flexibility index (Phi) is 8.56. The summed E-state index contributed by atoms with van der Waals surface area (Å²) in [4.78, 5) is 12.0. The molecule has 0 spiro atoms. The Morgan fingerprint density at radius 1 is 1.48 bits per heavy atom. The first-order valence-corrected chi connectivity index (χ1v) is 8.28. The quantitative estimate of drug-likeness (QED) is 0.833. The number of hydrogen-bond acceptors (Lipinski definition) is 2. The number of carbonyl (C=O) groups is 1. The van der Waals surface area contributed by atoms with Crippen LogP contribution in [0.4, 0.5) is 4.39 Å². The number of halogens is 2. The largest absolute Gasteiger partial charge is 0.356 e. The fourth-order valence-corrected chi connectivity index (χ4v) is 3.17. The van der Waals surface area contributed by atoms with Crippen molar-refractivity contribution in [1.29, 1.82) is 0 Å². The molecule has 1 fully saturated rings. The van der Waals surface area contributed by atoms with Gasteiger partial charge < -0.3 is 10.6 Å². The van der Waals surface area contributed by atoms with E-state index < -0.39 is 0 Å². The van der Waals surface area contributed by atoms with Crippen molar-refractivity contribution in [2.45, 2.75) is 39.5 Å². The fraction of sp³-hybridized carbons (Fsp3) is 0.611. The summed E-state index contributed by atoms with van der Waals surface area (Å²) < 4.78 is 13.0. The molecule has 1 aliphatic heterocycles. The molecule has 1 saturated heterocycles. The Hall–Kier alpha value is -1.13. The highest BCUT2D eigenvalue weighted by molar-refractivity contribution is 5.85. The molecule has 2 N–H and O–H groups in total. The Morgan fingerprint density at radius 2 is 2.26 bits per heavy atom. The molecule has 1 heterocycles. The van der Waals surface area contributed by atoms with E-state index in [9.17, 15) is 9.18 Å². The van der Waals surface area contributed by atoms with Gasteiger partial charge in [-0.2, -0.15) is 0 Å². The highest BCUT2D eigenvalue weighted by atomic mass is 35.5. The van der Waals surface area contributed by atoms with Crippen LogP contribution in [0.3, 0.4) is 0 Å². The van der Waals surface area contributed by atoms with Gasteiger partial charge in [-0.15, -0.1) is 12.4 Å². The number of carbonyl (C=O) groups excluding carboxylic acids is 1. The van der Waals surface area contributed by atoms with Gasteiger partial charge in [0.05, 0.1) is 0 Å². The average Bonchev–Trinajstić information content (AvgIpc) is 2.50. The number of hydrogen-bond donors (Lipinski definition) is 2. The van der Waals surface area contributed by atoms with E-state index in [2.05, 4.69) is 17.6 Å². The molecule has 3 nitrogen and oxygen atoms in total. The predicted octanol–water partition coefficient (Wildman–Crippen LogP) is 3.24. The lowest BCUT2D eigenvalue weighted by atomic mass is 9.85. The smallest absolute Gasteiger partial charge is 0.220 e. The van der Waals surface area contributed by atoms with Gasteiger partial charge in [-0.05, 0) is 74.4 Å². The van der Waals surface area contributed by atoms with Crippen LogP contribution >= 0.6 is 12.4 Å². The minimum absolute atomic E-state index is 0. The van der Waals surface area contributed by atoms with Crippen LogP contribution in [0.2, 0.25) is 0 Å². The number of benzene rings is 1. The predicted molar refractivity (Wildman–Crippen MR) is 94.5 cm³/mol. The fourth-order valence-electron chi connectivity index (χ4n) is 3.17. The number of nitrogens with one attached hydrogen (secondary N) is 2. The molecule has 5 heteroatoms. The van der Waals surface area contributed by atoms with Crippen molar-refractivity contribution in [2.24, 2.45) is 11.8 Å². The zero-order valence-corrected chi connectivity index (χ0v) is 14.8. The highest BCUT2D eigenvalue weighted by Crippen LogP contribution is 2.22. The van der Waals surface area contributed by atoms with Crippen LogP contribution in [0.1, 0.15) is 37.3 Å². The molecule has 0 aromatic heterocycles. The number of piperidine rings is 1. The van der Waals surface area contributed by atoms with Gasteiger partial charge >= 0.3 is 0 Å². The highest BCUT2D eigenvalue weighted by Gasteiger charge is 2.21. The van der Waals surface area contributed by atoms with Crippen LogP contribution in [-0.2, 0) is 11.2 Å². The first-order valence-electron chi connectivity index (χ1n) is 8.28. The second-order valence-electron chi connectivity index (χ2n) is 6.46. The van der Waals surface area contributed by atoms with E-state index in [0.29, 0.717) is 24.8 Å². The van der Waals surface area contributed by atoms with Crippen LogP contribution in [-0.4, -0.2) is 25.5 Å². The van der Waals surface area contributed by atoms with Crippen molar-refractivity contribution in [3.8, 4) is 0 Å². The molecule has 23 heavy (non-hydrogen) atoms. The summed E-state index contributed by atoms with van der Waals surface area (Å²) in [6, 6.07) is 4.81. The summed E-state index contributed by atoms with van der Waals surface area (Å²) in [5.41, 5.74) is 2.03. The van der Waals surface area contributed by atoms with E-state index in [4.69, 9.17) is 0 Å². The summed E-state index contributed by atoms with van der Waals surface area (Å²) in [7, 11) is 0. The van der Waals surface area contributed by atoms with Gasteiger partial charge in [-0.25, -0.2) is 4.39 Å². The molecule has 1 aromatic rings. The van der Waals surface area contributed by atoms with E-state index in [1.54, 1.807) is 6.07 Å². The molecule has 1 aromatic carbocycles. The molecular formula is C18H28ClFN2O. The molecule has 130 valence electrons. The monoisotopic (exact) mass is 342 g/mol. The maximum absolute atomic E-state index is 13.0. The minimum Gasteiger partial charge on any atom is -0.356 e. The van der Waals surface area contributed by atoms with Gasteiger partial charge in [-0.3, -0.25) is 4.79 Å². The summed E-state index contributed by atoms with van der Waals surface area (Å²) in [6.45, 7) is 6.82. The van der Waals surface area contributed by atoms with E-state index >= 15 is 0 Å². The lowest BCUT2D eigenvalue weighted by molar-refractivity contribution is -0.122. The molecule has 0 aliphatic carbocycles. The first kappa shape index (κ1) is 19.9. The van der Waals surface area contributed by atoms with Gasteiger partial charge in [0.15, 0.2) is 0 Å². The average molecular weight is 343 g/mol. The second kappa shape index (κ2) is 9.89. The molecule has 0 bridgehead atoms. The maximum atomic E-state index is 13.0. The standard InChI is InChI=1S/C18H27FN2O.ClH/c1-13-10-17(19)6-5-15(13)7-9-21-18(22)11-14(2)16-4-3-8-20-12-16;/h5-6,10,14,16,20H,3-4,7-9,11-12H2,1-2H3,(H,21,22);1H. The molecule has 0 radical (unpaired) electrons. The van der Waals surface area contributed by atoms with Crippen molar-refractivity contribution < 1.29 is 9.18 Å². The lowest BCUT2D eigenvalue weighted by Crippen LogP contribution is -2.36. The van der Waals surface area contributed by atoms with Crippen LogP contribution in [0, 0.1) is 24.6 Å². The Labute approximate surface area is 144 Å². The van der Waals surface area contributed by atoms with Crippen LogP contribution in [0.25, 0.3) is 0 Å². The van der Waals surface area contributed by atoms with Gasteiger partial charge in [0.2, 0.25) is 5.91 Å². The Bertz CT molecular complexity index is 504. The Balaban J connectivity index is 0.00000264. The van der Waals surface area contributed by atoms with Crippen molar-refractivity contribution in [3.63, 3.8) is 0 Å². The molecule has 2 atom stereocenters. The second-order valence-corrected chi connectivity index (χ2v) is 6.46. The lowest BCUT2D eigenvalue weighted by Gasteiger charge is -2.28. The zero-order valence-electron chi connectivity index (χ0n) is 14.0. The number of aryl methyl sites for hydroxylation is 1. The van der Waals surface area contributed by atoms with Crippen molar-refractivity contribution in [2.75, 3.05) is 19.6 Å². The van der Waals surface area contributed by atoms with E-state index in [1.807, 2.05) is 6.92 Å². The van der Waals surface area contributed by atoms with Gasteiger partial charge in [0.1, 0.15) is 5.82 Å². The van der Waals surface area contributed by atoms with E-state index in [0.717, 1.165) is 30.6 Å². The van der Waals surface area contributed by atoms with Gasteiger partial charge in [-0.1, -0.05) is 13.0 Å². The molecule has 1 amide bonds. The molecule has 1 aliphatic rings. The van der Waals surface area contributed by atoms with Crippen molar-refractivity contribution in [1.82, 2.24) is 10.6 Å². The van der Waals surface area contributed by atoms with Crippen LogP contribution < -0.4 is 10.6 Å². The van der Waals surface area contributed by atoms with Gasteiger partial charge in [0, 0.05) is 13.0 Å². The van der Waals surface area contributed by atoms with Gasteiger partial charge in [0.25, 0.3) is 0 Å². The third-order valence-corrected chi connectivity index (χ3v) is 4.67. The minimum atomic E-state index is -0.208. The molecule has 0 saturated carbocycles. The number of amides is 1.